The van der Waals surface area contributed by atoms with Crippen LogP contribution < -0.4 is 25.6 Å². The summed E-state index contributed by atoms with van der Waals surface area (Å²) in [5, 5.41) is 2.28. The standard InChI is InChI=1S/C14H17N3O5S/c1-20-10-6-4-9(8-11(10)21-2)5-7-12(18)15-13(23)16-17-14(19)22-3/h4-8H,1-3H3,(H,17,19)(H2,15,16,18,23)/b7-5+. The fourth-order valence-electron chi connectivity index (χ4n) is 1.47. The Morgan fingerprint density at radius 3 is 2.39 bits per heavy atom. The van der Waals surface area contributed by atoms with Crippen LogP contribution in [0.15, 0.2) is 24.3 Å². The van der Waals surface area contributed by atoms with Gasteiger partial charge in [0.15, 0.2) is 16.6 Å². The number of methoxy groups -OCH3 is 3. The molecule has 0 saturated heterocycles. The van der Waals surface area contributed by atoms with Crippen LogP contribution in [-0.4, -0.2) is 38.4 Å². The van der Waals surface area contributed by atoms with Gasteiger partial charge in [-0.2, -0.15) is 0 Å². The summed E-state index contributed by atoms with van der Waals surface area (Å²) in [5.74, 6) is 0.673. The first kappa shape index (κ1) is 18.2. The van der Waals surface area contributed by atoms with E-state index in [1.54, 1.807) is 24.3 Å². The third-order valence-electron chi connectivity index (χ3n) is 2.53. The Hall–Kier alpha value is -2.81. The summed E-state index contributed by atoms with van der Waals surface area (Å²) in [6, 6.07) is 5.21. The van der Waals surface area contributed by atoms with Gasteiger partial charge in [0.1, 0.15) is 0 Å². The number of hydrogen-bond donors (Lipinski definition) is 3. The molecule has 0 fully saturated rings. The van der Waals surface area contributed by atoms with E-state index < -0.39 is 12.0 Å². The number of rotatable bonds is 4. The monoisotopic (exact) mass is 339 g/mol. The largest absolute Gasteiger partial charge is 0.493 e. The predicted molar refractivity (Wildman–Crippen MR) is 88.0 cm³/mol. The van der Waals surface area contributed by atoms with E-state index in [9.17, 15) is 9.59 Å². The average Bonchev–Trinajstić information content (AvgIpc) is 2.57. The van der Waals surface area contributed by atoms with Crippen LogP contribution in [-0.2, 0) is 9.53 Å². The van der Waals surface area contributed by atoms with Crippen molar-refractivity contribution >= 4 is 35.4 Å². The molecule has 8 nitrogen and oxygen atoms in total. The van der Waals surface area contributed by atoms with Crippen molar-refractivity contribution in [2.75, 3.05) is 21.3 Å². The SMILES string of the molecule is COC(=O)NNC(=S)NC(=O)/C=C/c1ccc(OC)c(OC)c1. The van der Waals surface area contributed by atoms with Crippen molar-refractivity contribution in [3.63, 3.8) is 0 Å². The van der Waals surface area contributed by atoms with Gasteiger partial charge < -0.3 is 14.2 Å². The molecule has 0 spiro atoms. The van der Waals surface area contributed by atoms with Gasteiger partial charge in [-0.3, -0.25) is 15.5 Å². The van der Waals surface area contributed by atoms with Gasteiger partial charge in [-0.25, -0.2) is 10.2 Å². The van der Waals surface area contributed by atoms with E-state index in [0.717, 1.165) is 5.56 Å². The Morgan fingerprint density at radius 1 is 1.09 bits per heavy atom. The molecule has 1 aromatic rings. The lowest BCUT2D eigenvalue weighted by Crippen LogP contribution is -2.48. The van der Waals surface area contributed by atoms with Crippen LogP contribution in [0.4, 0.5) is 4.79 Å². The number of ether oxygens (including phenoxy) is 3. The molecule has 0 unspecified atom stereocenters. The summed E-state index contributed by atoms with van der Waals surface area (Å²) in [6.45, 7) is 0. The third kappa shape index (κ3) is 6.22. The molecule has 23 heavy (non-hydrogen) atoms. The molecule has 0 aliphatic heterocycles. The van der Waals surface area contributed by atoms with Crippen molar-refractivity contribution in [3.05, 3.63) is 29.8 Å². The topological polar surface area (TPSA) is 97.9 Å². The summed E-state index contributed by atoms with van der Waals surface area (Å²) in [7, 11) is 4.26. The molecule has 0 aromatic heterocycles. The van der Waals surface area contributed by atoms with Gasteiger partial charge in [0.2, 0.25) is 5.91 Å². The second-order valence-electron chi connectivity index (χ2n) is 4.01. The number of hydrogen-bond acceptors (Lipinski definition) is 6. The number of nitrogens with one attached hydrogen (secondary N) is 3. The minimum atomic E-state index is -0.734. The van der Waals surface area contributed by atoms with E-state index in [2.05, 4.69) is 20.9 Å². The van der Waals surface area contributed by atoms with Gasteiger partial charge in [0, 0.05) is 6.08 Å². The Labute approximate surface area is 138 Å². The molecule has 9 heteroatoms. The van der Waals surface area contributed by atoms with Crippen molar-refractivity contribution in [3.8, 4) is 11.5 Å². The van der Waals surface area contributed by atoms with Gasteiger partial charge in [-0.15, -0.1) is 0 Å². The van der Waals surface area contributed by atoms with Crippen molar-refractivity contribution in [2.24, 2.45) is 0 Å². The van der Waals surface area contributed by atoms with Crippen LogP contribution in [0.3, 0.4) is 0 Å². The van der Waals surface area contributed by atoms with Gasteiger partial charge in [0.25, 0.3) is 0 Å². The lowest BCUT2D eigenvalue weighted by molar-refractivity contribution is -0.115. The molecule has 0 saturated carbocycles. The first-order chi connectivity index (χ1) is 11.0. The van der Waals surface area contributed by atoms with Gasteiger partial charge in [-0.1, -0.05) is 6.07 Å². The summed E-state index contributed by atoms with van der Waals surface area (Å²) < 4.78 is 14.6. The minimum Gasteiger partial charge on any atom is -0.493 e. The minimum absolute atomic E-state index is 0.0719. The first-order valence-electron chi connectivity index (χ1n) is 6.35. The average molecular weight is 339 g/mol. The molecule has 0 aliphatic rings. The number of benzene rings is 1. The van der Waals surface area contributed by atoms with E-state index in [-0.39, 0.29) is 5.11 Å². The molecule has 0 radical (unpaired) electrons. The zero-order chi connectivity index (χ0) is 17.2. The van der Waals surface area contributed by atoms with Crippen molar-refractivity contribution in [2.45, 2.75) is 0 Å². The van der Waals surface area contributed by atoms with Crippen LogP contribution in [0.1, 0.15) is 5.56 Å². The van der Waals surface area contributed by atoms with E-state index in [1.807, 2.05) is 0 Å². The fourth-order valence-corrected chi connectivity index (χ4v) is 1.62. The summed E-state index contributed by atoms with van der Waals surface area (Å²) in [5.41, 5.74) is 5.16. The smallest absolute Gasteiger partial charge is 0.425 e. The Morgan fingerprint density at radius 2 is 1.78 bits per heavy atom. The maximum absolute atomic E-state index is 11.7. The quantitative estimate of drug-likeness (QED) is 0.427. The van der Waals surface area contributed by atoms with E-state index >= 15 is 0 Å². The van der Waals surface area contributed by atoms with Crippen LogP contribution >= 0.6 is 12.2 Å². The molecule has 0 aliphatic carbocycles. The highest BCUT2D eigenvalue weighted by molar-refractivity contribution is 7.80. The van der Waals surface area contributed by atoms with Crippen LogP contribution in [0.2, 0.25) is 0 Å². The zero-order valence-corrected chi connectivity index (χ0v) is 13.7. The van der Waals surface area contributed by atoms with Crippen molar-refractivity contribution in [1.29, 1.82) is 0 Å². The molecule has 2 amide bonds. The molecular weight excluding hydrogens is 322 g/mol. The van der Waals surface area contributed by atoms with Crippen LogP contribution in [0.25, 0.3) is 6.08 Å². The second-order valence-corrected chi connectivity index (χ2v) is 4.42. The number of carbonyl (C=O) groups is 2. The van der Waals surface area contributed by atoms with Crippen LogP contribution in [0.5, 0.6) is 11.5 Å². The molecule has 0 atom stereocenters. The Balaban J connectivity index is 2.58. The maximum atomic E-state index is 11.7. The molecule has 124 valence electrons. The normalized spacial score (nSPS) is 9.87. The molecule has 0 heterocycles. The summed E-state index contributed by atoms with van der Waals surface area (Å²) in [6.07, 6.45) is 2.13. The lowest BCUT2D eigenvalue weighted by Gasteiger charge is -2.08. The first-order valence-corrected chi connectivity index (χ1v) is 6.76. The number of amides is 2. The van der Waals surface area contributed by atoms with Gasteiger partial charge in [-0.05, 0) is 36.0 Å². The number of hydrazine groups is 1. The van der Waals surface area contributed by atoms with E-state index in [4.69, 9.17) is 21.7 Å². The van der Waals surface area contributed by atoms with Gasteiger partial charge >= 0.3 is 6.09 Å². The summed E-state index contributed by atoms with van der Waals surface area (Å²) >= 11 is 4.82. The van der Waals surface area contributed by atoms with Gasteiger partial charge in [0.05, 0.1) is 21.3 Å². The molecular formula is C14H17N3O5S. The number of carbonyl (C=O) groups excluding carboxylic acids is 2. The highest BCUT2D eigenvalue weighted by Gasteiger charge is 2.05. The van der Waals surface area contributed by atoms with E-state index in [0.29, 0.717) is 11.5 Å². The Kier molecular flexibility index (Phi) is 7.34. The number of thiocarbonyl (C=S) groups is 1. The molecule has 1 rings (SSSR count). The lowest BCUT2D eigenvalue weighted by atomic mass is 10.2. The molecule has 0 bridgehead atoms. The van der Waals surface area contributed by atoms with Crippen molar-refractivity contribution in [1.82, 2.24) is 16.2 Å². The molecule has 3 N–H and O–H groups in total. The molecule has 1 aromatic carbocycles. The maximum Gasteiger partial charge on any atom is 0.425 e. The fraction of sp³-hybridized carbons (Fsp3) is 0.214. The van der Waals surface area contributed by atoms with E-state index in [1.165, 1.54) is 27.4 Å². The zero-order valence-electron chi connectivity index (χ0n) is 12.8. The highest BCUT2D eigenvalue weighted by atomic mass is 32.1. The van der Waals surface area contributed by atoms with Crippen LogP contribution in [0, 0.1) is 0 Å². The third-order valence-corrected chi connectivity index (χ3v) is 2.74. The highest BCUT2D eigenvalue weighted by Crippen LogP contribution is 2.27. The van der Waals surface area contributed by atoms with Crippen molar-refractivity contribution < 1.29 is 23.8 Å². The predicted octanol–water partition coefficient (Wildman–Crippen LogP) is 0.979. The second kappa shape index (κ2) is 9.26. The summed E-state index contributed by atoms with van der Waals surface area (Å²) in [4.78, 5) is 22.5. The Bertz CT molecular complexity index is 618.